The van der Waals surface area contributed by atoms with E-state index in [9.17, 15) is 5.11 Å². The molecule has 0 aliphatic carbocycles. The van der Waals surface area contributed by atoms with E-state index in [1.807, 2.05) is 38.1 Å². The molecular formula is C13H15NO. The van der Waals surface area contributed by atoms with Crippen LogP contribution in [0.5, 0.6) is 0 Å². The molecule has 2 nitrogen and oxygen atoms in total. The van der Waals surface area contributed by atoms with Crippen LogP contribution >= 0.6 is 0 Å². The molecule has 15 heavy (non-hydrogen) atoms. The van der Waals surface area contributed by atoms with Crippen molar-refractivity contribution in [2.24, 2.45) is 0 Å². The third-order valence-electron chi connectivity index (χ3n) is 2.65. The summed E-state index contributed by atoms with van der Waals surface area (Å²) >= 11 is 0. The SMILES string of the molecule is Cc1cc(C(C)O)c2cccc(C)c2n1. The smallest absolute Gasteiger partial charge is 0.0769 e. The van der Waals surface area contributed by atoms with E-state index in [1.54, 1.807) is 6.92 Å². The molecule has 0 saturated heterocycles. The average Bonchev–Trinajstić information content (AvgIpc) is 2.18. The molecule has 2 heteroatoms. The first-order valence-electron chi connectivity index (χ1n) is 5.14. The number of rotatable bonds is 1. The fraction of sp³-hybridized carbons (Fsp3) is 0.308. The van der Waals surface area contributed by atoms with Gasteiger partial charge in [-0.3, -0.25) is 4.98 Å². The zero-order valence-electron chi connectivity index (χ0n) is 9.28. The van der Waals surface area contributed by atoms with Crippen LogP contribution in [0.25, 0.3) is 10.9 Å². The molecule has 0 aliphatic rings. The molecule has 2 aromatic rings. The van der Waals surface area contributed by atoms with Crippen LogP contribution in [0.1, 0.15) is 29.8 Å². The summed E-state index contributed by atoms with van der Waals surface area (Å²) in [5, 5.41) is 10.8. The summed E-state index contributed by atoms with van der Waals surface area (Å²) in [5.74, 6) is 0. The zero-order chi connectivity index (χ0) is 11.0. The van der Waals surface area contributed by atoms with E-state index in [1.165, 1.54) is 0 Å². The zero-order valence-corrected chi connectivity index (χ0v) is 9.28. The van der Waals surface area contributed by atoms with Crippen LogP contribution in [0.2, 0.25) is 0 Å². The molecule has 0 bridgehead atoms. The van der Waals surface area contributed by atoms with Gasteiger partial charge < -0.3 is 5.11 Å². The number of aryl methyl sites for hydroxylation is 2. The Kier molecular flexibility index (Phi) is 2.45. The van der Waals surface area contributed by atoms with Gasteiger partial charge in [-0.25, -0.2) is 0 Å². The number of nitrogens with zero attached hydrogens (tertiary/aromatic N) is 1. The number of fused-ring (bicyclic) bond motifs is 1. The van der Waals surface area contributed by atoms with Crippen molar-refractivity contribution in [2.75, 3.05) is 0 Å². The summed E-state index contributed by atoms with van der Waals surface area (Å²) in [5.41, 5.74) is 4.06. The second-order valence-corrected chi connectivity index (χ2v) is 4.00. The Balaban J connectivity index is 2.86. The largest absolute Gasteiger partial charge is 0.389 e. The number of para-hydroxylation sites is 1. The Bertz CT molecular complexity index is 503. The number of aliphatic hydroxyl groups is 1. The van der Waals surface area contributed by atoms with E-state index in [0.29, 0.717) is 0 Å². The highest BCUT2D eigenvalue weighted by Gasteiger charge is 2.09. The number of aliphatic hydroxyl groups excluding tert-OH is 1. The van der Waals surface area contributed by atoms with Crippen LogP contribution in [-0.2, 0) is 0 Å². The highest BCUT2D eigenvalue weighted by molar-refractivity contribution is 5.85. The quantitative estimate of drug-likeness (QED) is 0.769. The van der Waals surface area contributed by atoms with Gasteiger partial charge in [0.25, 0.3) is 0 Å². The fourth-order valence-electron chi connectivity index (χ4n) is 1.90. The highest BCUT2D eigenvalue weighted by Crippen LogP contribution is 2.25. The van der Waals surface area contributed by atoms with Gasteiger partial charge in [-0.15, -0.1) is 0 Å². The Morgan fingerprint density at radius 3 is 2.67 bits per heavy atom. The van der Waals surface area contributed by atoms with Crippen LogP contribution < -0.4 is 0 Å². The van der Waals surface area contributed by atoms with Crippen LogP contribution in [-0.4, -0.2) is 10.1 Å². The Morgan fingerprint density at radius 2 is 2.00 bits per heavy atom. The number of aromatic nitrogens is 1. The Morgan fingerprint density at radius 1 is 1.27 bits per heavy atom. The molecule has 1 heterocycles. The van der Waals surface area contributed by atoms with Gasteiger partial charge in [0, 0.05) is 11.1 Å². The average molecular weight is 201 g/mol. The number of hydrogen-bond acceptors (Lipinski definition) is 2. The molecule has 0 saturated carbocycles. The van der Waals surface area contributed by atoms with Crippen molar-refractivity contribution in [1.82, 2.24) is 4.98 Å². The van der Waals surface area contributed by atoms with E-state index in [0.717, 1.165) is 27.7 Å². The predicted molar refractivity (Wildman–Crippen MR) is 61.9 cm³/mol. The van der Waals surface area contributed by atoms with Crippen LogP contribution in [0.4, 0.5) is 0 Å². The molecular weight excluding hydrogens is 186 g/mol. The van der Waals surface area contributed by atoms with Gasteiger partial charge in [0.1, 0.15) is 0 Å². The molecule has 1 aromatic carbocycles. The first kappa shape index (κ1) is 10.1. The molecule has 0 fully saturated rings. The summed E-state index contributed by atoms with van der Waals surface area (Å²) in [6, 6.07) is 8.00. The van der Waals surface area contributed by atoms with E-state index < -0.39 is 6.10 Å². The molecule has 0 amide bonds. The standard InChI is InChI=1S/C13H15NO/c1-8-5-4-6-11-12(10(3)15)7-9(2)14-13(8)11/h4-7,10,15H,1-3H3. The summed E-state index contributed by atoms with van der Waals surface area (Å²) in [6.45, 7) is 5.79. The highest BCUT2D eigenvalue weighted by atomic mass is 16.3. The number of pyridine rings is 1. The van der Waals surface area contributed by atoms with E-state index in [4.69, 9.17) is 0 Å². The molecule has 1 aromatic heterocycles. The van der Waals surface area contributed by atoms with Gasteiger partial charge >= 0.3 is 0 Å². The summed E-state index contributed by atoms with van der Waals surface area (Å²) < 4.78 is 0. The molecule has 0 spiro atoms. The van der Waals surface area contributed by atoms with Gasteiger partial charge in [0.05, 0.1) is 11.6 Å². The third-order valence-corrected chi connectivity index (χ3v) is 2.65. The topological polar surface area (TPSA) is 33.1 Å². The van der Waals surface area contributed by atoms with Gasteiger partial charge in [-0.2, -0.15) is 0 Å². The van der Waals surface area contributed by atoms with Crippen molar-refractivity contribution in [3.05, 3.63) is 41.1 Å². The number of benzene rings is 1. The molecule has 2 rings (SSSR count). The second-order valence-electron chi connectivity index (χ2n) is 4.00. The lowest BCUT2D eigenvalue weighted by atomic mass is 10.0. The van der Waals surface area contributed by atoms with Crippen molar-refractivity contribution < 1.29 is 5.11 Å². The minimum atomic E-state index is -0.448. The monoisotopic (exact) mass is 201 g/mol. The molecule has 1 N–H and O–H groups in total. The minimum Gasteiger partial charge on any atom is -0.389 e. The lowest BCUT2D eigenvalue weighted by molar-refractivity contribution is 0.200. The van der Waals surface area contributed by atoms with Gasteiger partial charge in [-0.05, 0) is 38.0 Å². The van der Waals surface area contributed by atoms with E-state index in [2.05, 4.69) is 4.98 Å². The van der Waals surface area contributed by atoms with Crippen molar-refractivity contribution in [3.8, 4) is 0 Å². The van der Waals surface area contributed by atoms with Crippen molar-refractivity contribution in [3.63, 3.8) is 0 Å². The lowest BCUT2D eigenvalue weighted by Crippen LogP contribution is -1.97. The first-order chi connectivity index (χ1) is 7.09. The predicted octanol–water partition coefficient (Wildman–Crippen LogP) is 2.90. The van der Waals surface area contributed by atoms with E-state index in [-0.39, 0.29) is 0 Å². The first-order valence-corrected chi connectivity index (χ1v) is 5.14. The molecule has 0 radical (unpaired) electrons. The minimum absolute atomic E-state index is 0.448. The Hall–Kier alpha value is -1.41. The van der Waals surface area contributed by atoms with Gasteiger partial charge in [-0.1, -0.05) is 18.2 Å². The van der Waals surface area contributed by atoms with Crippen molar-refractivity contribution in [2.45, 2.75) is 26.9 Å². The van der Waals surface area contributed by atoms with Gasteiger partial charge in [0.15, 0.2) is 0 Å². The Labute approximate surface area is 89.6 Å². The third kappa shape index (κ3) is 1.73. The van der Waals surface area contributed by atoms with Crippen molar-refractivity contribution in [1.29, 1.82) is 0 Å². The maximum absolute atomic E-state index is 9.71. The maximum Gasteiger partial charge on any atom is 0.0769 e. The van der Waals surface area contributed by atoms with Crippen LogP contribution in [0, 0.1) is 13.8 Å². The normalized spacial score (nSPS) is 13.1. The summed E-state index contributed by atoms with van der Waals surface area (Å²) in [4.78, 5) is 4.51. The fourth-order valence-corrected chi connectivity index (χ4v) is 1.90. The lowest BCUT2D eigenvalue weighted by Gasteiger charge is -2.11. The maximum atomic E-state index is 9.71. The van der Waals surface area contributed by atoms with Crippen LogP contribution in [0.15, 0.2) is 24.3 Å². The second kappa shape index (κ2) is 3.63. The molecule has 1 unspecified atom stereocenters. The van der Waals surface area contributed by atoms with E-state index >= 15 is 0 Å². The number of hydrogen-bond donors (Lipinski definition) is 1. The molecule has 0 aliphatic heterocycles. The summed E-state index contributed by atoms with van der Waals surface area (Å²) in [7, 11) is 0. The summed E-state index contributed by atoms with van der Waals surface area (Å²) in [6.07, 6.45) is -0.448. The van der Waals surface area contributed by atoms with Crippen molar-refractivity contribution >= 4 is 10.9 Å². The van der Waals surface area contributed by atoms with Crippen LogP contribution in [0.3, 0.4) is 0 Å². The molecule has 78 valence electrons. The van der Waals surface area contributed by atoms with Gasteiger partial charge in [0.2, 0.25) is 0 Å². The molecule has 1 atom stereocenters.